The second kappa shape index (κ2) is 4.60. The van der Waals surface area contributed by atoms with Crippen molar-refractivity contribution in [1.29, 1.82) is 0 Å². The van der Waals surface area contributed by atoms with E-state index in [-0.39, 0.29) is 5.57 Å². The Kier molecular flexibility index (Phi) is 3.62. The van der Waals surface area contributed by atoms with Gasteiger partial charge in [-0.15, -0.1) is 0 Å². The third kappa shape index (κ3) is 2.78. The normalized spacial score (nSPS) is 23.4. The van der Waals surface area contributed by atoms with E-state index in [4.69, 9.17) is 9.47 Å². The van der Waals surface area contributed by atoms with Gasteiger partial charge in [0.05, 0.1) is 12.7 Å². The highest BCUT2D eigenvalue weighted by atomic mass is 16.7. The fourth-order valence-electron chi connectivity index (χ4n) is 1.65. The molecule has 0 saturated heterocycles. The van der Waals surface area contributed by atoms with Gasteiger partial charge in [-0.05, 0) is 5.92 Å². The van der Waals surface area contributed by atoms with E-state index in [2.05, 4.69) is 25.2 Å². The summed E-state index contributed by atoms with van der Waals surface area (Å²) in [6.07, 6.45) is 2.16. The van der Waals surface area contributed by atoms with Crippen molar-refractivity contribution in [2.24, 2.45) is 5.92 Å². The van der Waals surface area contributed by atoms with Crippen molar-refractivity contribution in [3.8, 4) is 0 Å². The molecule has 0 aliphatic carbocycles. The molecule has 1 aliphatic heterocycles. The lowest BCUT2D eigenvalue weighted by molar-refractivity contribution is -0.146. The molecule has 90 valence electrons. The Hall–Kier alpha value is -1.45. The molecule has 0 bridgehead atoms. The summed E-state index contributed by atoms with van der Waals surface area (Å²) in [4.78, 5) is 11.2. The van der Waals surface area contributed by atoms with Crippen molar-refractivity contribution >= 4 is 5.97 Å². The third-order valence-electron chi connectivity index (χ3n) is 2.25. The van der Waals surface area contributed by atoms with Crippen molar-refractivity contribution in [3.05, 3.63) is 24.2 Å². The molecule has 4 nitrogen and oxygen atoms in total. The summed E-state index contributed by atoms with van der Waals surface area (Å²) in [7, 11) is 1.30. The zero-order chi connectivity index (χ0) is 12.3. The van der Waals surface area contributed by atoms with Crippen molar-refractivity contribution in [2.75, 3.05) is 7.11 Å². The van der Waals surface area contributed by atoms with E-state index in [9.17, 15) is 4.79 Å². The van der Waals surface area contributed by atoms with E-state index in [1.54, 1.807) is 0 Å². The fourth-order valence-corrected chi connectivity index (χ4v) is 1.65. The van der Waals surface area contributed by atoms with E-state index in [0.29, 0.717) is 11.7 Å². The Bertz CT molecular complexity index is 330. The quantitative estimate of drug-likeness (QED) is 0.545. The van der Waals surface area contributed by atoms with Gasteiger partial charge in [0.25, 0.3) is 0 Å². The minimum Gasteiger partial charge on any atom is -0.465 e. The zero-order valence-electron chi connectivity index (χ0n) is 10.2. The molecular formula is C12H18O4. The molecule has 4 heteroatoms. The molecule has 16 heavy (non-hydrogen) atoms. The van der Waals surface area contributed by atoms with Crippen molar-refractivity contribution < 1.29 is 19.0 Å². The first kappa shape index (κ1) is 12.6. The number of methoxy groups -OCH3 is 1. The monoisotopic (exact) mass is 226 g/mol. The van der Waals surface area contributed by atoms with Crippen LogP contribution in [0.5, 0.6) is 0 Å². The molecule has 1 rings (SSSR count). The second-order valence-electron chi connectivity index (χ2n) is 4.40. The highest BCUT2D eigenvalue weighted by Crippen LogP contribution is 2.33. The summed E-state index contributed by atoms with van der Waals surface area (Å²) in [5, 5.41) is 0. The summed E-state index contributed by atoms with van der Waals surface area (Å²) in [6, 6.07) is 0. The average Bonchev–Trinajstić information content (AvgIpc) is 2.57. The van der Waals surface area contributed by atoms with Crippen molar-refractivity contribution in [2.45, 2.75) is 33.0 Å². The molecule has 0 amide bonds. The van der Waals surface area contributed by atoms with Crippen molar-refractivity contribution in [1.82, 2.24) is 0 Å². The maximum absolute atomic E-state index is 11.2. The molecule has 0 radical (unpaired) electrons. The van der Waals surface area contributed by atoms with Crippen molar-refractivity contribution in [3.63, 3.8) is 0 Å². The van der Waals surface area contributed by atoms with Gasteiger partial charge in [0.15, 0.2) is 5.76 Å². The largest absolute Gasteiger partial charge is 0.465 e. The minimum atomic E-state index is -0.708. The molecule has 0 fully saturated rings. The molecule has 1 atom stereocenters. The van der Waals surface area contributed by atoms with Crippen LogP contribution >= 0.6 is 0 Å². The number of rotatable bonds is 4. The van der Waals surface area contributed by atoms with E-state index >= 15 is 0 Å². The number of carbonyl (C=O) groups is 1. The van der Waals surface area contributed by atoms with E-state index in [0.717, 1.165) is 6.42 Å². The number of carbonyl (C=O) groups excluding carboxylic acids is 1. The molecule has 1 heterocycles. The second-order valence-corrected chi connectivity index (χ2v) is 4.40. The molecule has 1 unspecified atom stereocenters. The van der Waals surface area contributed by atoms with Crippen LogP contribution in [0.15, 0.2) is 24.2 Å². The van der Waals surface area contributed by atoms with Gasteiger partial charge in [-0.2, -0.15) is 0 Å². The number of esters is 1. The van der Waals surface area contributed by atoms with E-state index < -0.39 is 11.8 Å². The van der Waals surface area contributed by atoms with E-state index in [1.165, 1.54) is 13.4 Å². The van der Waals surface area contributed by atoms with Crippen LogP contribution < -0.4 is 0 Å². The summed E-state index contributed by atoms with van der Waals surface area (Å²) in [5.74, 6) is -0.441. The number of hydrogen-bond donors (Lipinski definition) is 0. The molecule has 0 saturated carbocycles. The average molecular weight is 226 g/mol. The van der Waals surface area contributed by atoms with Crippen LogP contribution in [0, 0.1) is 5.92 Å². The lowest BCUT2D eigenvalue weighted by Crippen LogP contribution is -2.28. The van der Waals surface area contributed by atoms with Gasteiger partial charge in [0.1, 0.15) is 6.26 Å². The molecule has 0 aromatic rings. The molecule has 0 aromatic carbocycles. The van der Waals surface area contributed by atoms with E-state index in [1.807, 2.05) is 6.92 Å². The highest BCUT2D eigenvalue weighted by Gasteiger charge is 2.36. The Morgan fingerprint density at radius 3 is 2.75 bits per heavy atom. The molecule has 1 aliphatic rings. The highest BCUT2D eigenvalue weighted by molar-refractivity contribution is 5.91. The van der Waals surface area contributed by atoms with Crippen LogP contribution in [0.3, 0.4) is 0 Å². The smallest absolute Gasteiger partial charge is 0.341 e. The fraction of sp³-hybridized carbons (Fsp3) is 0.583. The molecule has 0 spiro atoms. The Balaban J connectivity index is 2.63. The first-order valence-corrected chi connectivity index (χ1v) is 5.22. The summed E-state index contributed by atoms with van der Waals surface area (Å²) in [6.45, 7) is 9.59. The molecular weight excluding hydrogens is 208 g/mol. The Morgan fingerprint density at radius 2 is 2.25 bits per heavy atom. The predicted molar refractivity (Wildman–Crippen MR) is 59.3 cm³/mol. The first-order chi connectivity index (χ1) is 7.38. The topological polar surface area (TPSA) is 44.8 Å². The standard InChI is InChI=1S/C12H18O4/c1-8(2)6-12(4)15-7-10(16-12)9(3)11(13)14-5/h7-8H,3,6H2,1-2,4-5H3. The Morgan fingerprint density at radius 1 is 1.62 bits per heavy atom. The predicted octanol–water partition coefficient (Wildman–Crippen LogP) is 2.37. The summed E-state index contributed by atoms with van der Waals surface area (Å²) >= 11 is 0. The molecule has 0 N–H and O–H groups in total. The van der Waals surface area contributed by atoms with Crippen LogP contribution in [-0.2, 0) is 19.0 Å². The third-order valence-corrected chi connectivity index (χ3v) is 2.25. The van der Waals surface area contributed by atoms with Gasteiger partial charge in [-0.25, -0.2) is 4.79 Å². The molecule has 0 aromatic heterocycles. The minimum absolute atomic E-state index is 0.176. The van der Waals surface area contributed by atoms with Crippen LogP contribution in [0.4, 0.5) is 0 Å². The lowest BCUT2D eigenvalue weighted by Gasteiger charge is -2.25. The van der Waals surface area contributed by atoms with Crippen LogP contribution in [0.1, 0.15) is 27.2 Å². The van der Waals surface area contributed by atoms with Gasteiger partial charge >= 0.3 is 5.97 Å². The zero-order valence-corrected chi connectivity index (χ0v) is 10.2. The Labute approximate surface area is 95.9 Å². The van der Waals surface area contributed by atoms with Gasteiger partial charge in [0.2, 0.25) is 5.79 Å². The van der Waals surface area contributed by atoms with Crippen LogP contribution in [0.2, 0.25) is 0 Å². The van der Waals surface area contributed by atoms with Gasteiger partial charge in [-0.1, -0.05) is 20.4 Å². The maximum atomic E-state index is 11.2. The maximum Gasteiger partial charge on any atom is 0.341 e. The van der Waals surface area contributed by atoms with Crippen LogP contribution in [0.25, 0.3) is 0 Å². The lowest BCUT2D eigenvalue weighted by atomic mass is 10.0. The van der Waals surface area contributed by atoms with Gasteiger partial charge in [-0.3, -0.25) is 0 Å². The first-order valence-electron chi connectivity index (χ1n) is 5.22. The summed E-state index contributed by atoms with van der Waals surface area (Å²) in [5.41, 5.74) is 0.176. The van der Waals surface area contributed by atoms with Crippen LogP contribution in [-0.4, -0.2) is 18.9 Å². The van der Waals surface area contributed by atoms with Gasteiger partial charge in [0, 0.05) is 13.3 Å². The SMILES string of the molecule is C=C(C(=O)OC)C1=COC(C)(CC(C)C)O1. The number of ether oxygens (including phenoxy) is 3. The van der Waals surface area contributed by atoms with Gasteiger partial charge < -0.3 is 14.2 Å². The summed E-state index contributed by atoms with van der Waals surface area (Å²) < 4.78 is 15.6. The number of hydrogen-bond acceptors (Lipinski definition) is 4.